The zero-order chi connectivity index (χ0) is 14.1. The number of nitrogens with one attached hydrogen (secondary N) is 2. The molecular weight excluding hydrogens is 232 g/mol. The summed E-state index contributed by atoms with van der Waals surface area (Å²) in [4.78, 5) is 22.2. The summed E-state index contributed by atoms with van der Waals surface area (Å²) in [5.74, 6) is 0.00782. The van der Waals surface area contributed by atoms with Crippen LogP contribution in [0.3, 0.4) is 0 Å². The highest BCUT2D eigenvalue weighted by atomic mass is 16.4. The summed E-state index contributed by atoms with van der Waals surface area (Å²) in [6, 6.07) is -0.220. The summed E-state index contributed by atoms with van der Waals surface area (Å²) in [6.07, 6.45) is 0.902. The van der Waals surface area contributed by atoms with Gasteiger partial charge in [-0.3, -0.25) is 4.79 Å². The van der Waals surface area contributed by atoms with Crippen LogP contribution in [0.2, 0.25) is 0 Å². The van der Waals surface area contributed by atoms with E-state index in [9.17, 15) is 9.59 Å². The lowest BCUT2D eigenvalue weighted by Gasteiger charge is -2.18. The van der Waals surface area contributed by atoms with Crippen LogP contribution in [0, 0.1) is 17.8 Å². The number of carbonyl (C=O) groups excluding carboxylic acids is 1. The smallest absolute Gasteiger partial charge is 0.314 e. The molecule has 0 aromatic rings. The van der Waals surface area contributed by atoms with Crippen LogP contribution in [0.15, 0.2) is 0 Å². The fraction of sp³-hybridized carbons (Fsp3) is 0.846. The van der Waals surface area contributed by atoms with Crippen molar-refractivity contribution >= 4 is 12.0 Å². The molecule has 0 aliphatic carbocycles. The van der Waals surface area contributed by atoms with Gasteiger partial charge in [0.15, 0.2) is 0 Å². The molecule has 0 heterocycles. The fourth-order valence-corrected chi connectivity index (χ4v) is 1.75. The molecule has 0 fully saturated rings. The summed E-state index contributed by atoms with van der Waals surface area (Å²) in [6.45, 7) is 9.17. The Morgan fingerprint density at radius 2 is 1.56 bits per heavy atom. The molecule has 106 valence electrons. The van der Waals surface area contributed by atoms with Gasteiger partial charge in [-0.15, -0.1) is 0 Å². The second-order valence-corrected chi connectivity index (χ2v) is 5.58. The number of hydrogen-bond donors (Lipinski definition) is 3. The molecule has 5 nitrogen and oxygen atoms in total. The van der Waals surface area contributed by atoms with Gasteiger partial charge >= 0.3 is 12.0 Å². The molecule has 0 radical (unpaired) electrons. The Morgan fingerprint density at radius 1 is 1.00 bits per heavy atom. The lowest BCUT2D eigenvalue weighted by molar-refractivity contribution is -0.138. The van der Waals surface area contributed by atoms with E-state index in [-0.39, 0.29) is 18.4 Å². The third-order valence-corrected chi connectivity index (χ3v) is 2.49. The largest absolute Gasteiger partial charge is 0.481 e. The summed E-state index contributed by atoms with van der Waals surface area (Å²) in [5, 5.41) is 14.3. The zero-order valence-corrected chi connectivity index (χ0v) is 11.8. The standard InChI is InChI=1S/C13H26N2O3/c1-9(2)5-11(6-12(16)17)8-15-13(18)14-7-10(3)4/h9-11H,5-8H2,1-4H3,(H,16,17)(H2,14,15,18). The van der Waals surface area contributed by atoms with Crippen LogP contribution < -0.4 is 10.6 Å². The molecular formula is C13H26N2O3. The maximum Gasteiger partial charge on any atom is 0.314 e. The first-order valence-corrected chi connectivity index (χ1v) is 6.54. The minimum absolute atomic E-state index is 0.00713. The van der Waals surface area contributed by atoms with Gasteiger partial charge in [-0.25, -0.2) is 4.79 Å². The molecule has 0 rings (SSSR count). The molecule has 0 aromatic heterocycles. The van der Waals surface area contributed by atoms with Crippen LogP contribution in [-0.2, 0) is 4.79 Å². The molecule has 3 N–H and O–H groups in total. The molecule has 0 aliphatic heterocycles. The quantitative estimate of drug-likeness (QED) is 0.623. The minimum Gasteiger partial charge on any atom is -0.481 e. The van der Waals surface area contributed by atoms with E-state index in [1.54, 1.807) is 0 Å². The van der Waals surface area contributed by atoms with Crippen molar-refractivity contribution in [1.29, 1.82) is 0 Å². The van der Waals surface area contributed by atoms with Crippen molar-refractivity contribution in [3.63, 3.8) is 0 Å². The van der Waals surface area contributed by atoms with Gasteiger partial charge in [0.1, 0.15) is 0 Å². The van der Waals surface area contributed by atoms with Gasteiger partial charge in [0.05, 0.1) is 0 Å². The van der Waals surface area contributed by atoms with Crippen LogP contribution in [0.25, 0.3) is 0 Å². The van der Waals surface area contributed by atoms with E-state index in [1.807, 2.05) is 27.7 Å². The molecule has 0 saturated heterocycles. The number of amides is 2. The Labute approximate surface area is 109 Å². The van der Waals surface area contributed by atoms with Gasteiger partial charge in [0.25, 0.3) is 0 Å². The topological polar surface area (TPSA) is 78.4 Å². The van der Waals surface area contributed by atoms with Crippen molar-refractivity contribution in [3.8, 4) is 0 Å². The number of hydrogen-bond acceptors (Lipinski definition) is 2. The van der Waals surface area contributed by atoms with Crippen LogP contribution in [0.1, 0.15) is 40.5 Å². The fourth-order valence-electron chi connectivity index (χ4n) is 1.75. The number of rotatable bonds is 8. The predicted molar refractivity (Wildman–Crippen MR) is 71.4 cm³/mol. The van der Waals surface area contributed by atoms with Crippen molar-refractivity contribution in [1.82, 2.24) is 10.6 Å². The lowest BCUT2D eigenvalue weighted by Crippen LogP contribution is -2.40. The molecule has 1 unspecified atom stereocenters. The van der Waals surface area contributed by atoms with E-state index in [0.717, 1.165) is 6.42 Å². The van der Waals surface area contributed by atoms with Gasteiger partial charge in [0.2, 0.25) is 0 Å². The van der Waals surface area contributed by atoms with Gasteiger partial charge in [0, 0.05) is 19.5 Å². The van der Waals surface area contributed by atoms with E-state index in [0.29, 0.717) is 24.9 Å². The second kappa shape index (κ2) is 8.78. The summed E-state index contributed by atoms with van der Waals surface area (Å²) >= 11 is 0. The maximum atomic E-state index is 11.5. The number of carbonyl (C=O) groups is 2. The van der Waals surface area contributed by atoms with E-state index in [4.69, 9.17) is 5.11 Å². The summed E-state index contributed by atoms with van der Waals surface area (Å²) < 4.78 is 0. The third-order valence-electron chi connectivity index (χ3n) is 2.49. The lowest BCUT2D eigenvalue weighted by atomic mass is 9.94. The van der Waals surface area contributed by atoms with E-state index >= 15 is 0 Å². The normalized spacial score (nSPS) is 12.6. The number of aliphatic carboxylic acids is 1. The van der Waals surface area contributed by atoms with Crippen LogP contribution in [0.4, 0.5) is 4.79 Å². The molecule has 0 bridgehead atoms. The maximum absolute atomic E-state index is 11.5. The minimum atomic E-state index is -0.815. The van der Waals surface area contributed by atoms with Crippen molar-refractivity contribution in [2.24, 2.45) is 17.8 Å². The average Bonchev–Trinajstić information content (AvgIpc) is 2.21. The highest BCUT2D eigenvalue weighted by Gasteiger charge is 2.15. The zero-order valence-electron chi connectivity index (χ0n) is 11.8. The monoisotopic (exact) mass is 258 g/mol. The number of urea groups is 1. The first-order valence-electron chi connectivity index (χ1n) is 6.54. The van der Waals surface area contributed by atoms with Crippen molar-refractivity contribution < 1.29 is 14.7 Å². The molecule has 0 spiro atoms. The van der Waals surface area contributed by atoms with Gasteiger partial charge in [-0.2, -0.15) is 0 Å². The van der Waals surface area contributed by atoms with Gasteiger partial charge in [-0.1, -0.05) is 27.7 Å². The molecule has 1 atom stereocenters. The Hall–Kier alpha value is -1.26. The predicted octanol–water partition coefficient (Wildman–Crippen LogP) is 2.08. The molecule has 5 heteroatoms. The highest BCUT2D eigenvalue weighted by Crippen LogP contribution is 2.14. The average molecular weight is 258 g/mol. The first kappa shape index (κ1) is 16.7. The van der Waals surface area contributed by atoms with Gasteiger partial charge < -0.3 is 15.7 Å². The number of carboxylic acid groups (broad SMARTS) is 1. The molecule has 2 amide bonds. The summed E-state index contributed by atoms with van der Waals surface area (Å²) in [5.41, 5.74) is 0. The first-order chi connectivity index (χ1) is 8.31. The summed E-state index contributed by atoms with van der Waals surface area (Å²) in [7, 11) is 0. The van der Waals surface area contributed by atoms with Crippen LogP contribution in [0.5, 0.6) is 0 Å². The Balaban J connectivity index is 4.00. The molecule has 0 saturated carbocycles. The van der Waals surface area contributed by atoms with Crippen LogP contribution in [-0.4, -0.2) is 30.2 Å². The van der Waals surface area contributed by atoms with Crippen LogP contribution >= 0.6 is 0 Å². The van der Waals surface area contributed by atoms with E-state index in [1.165, 1.54) is 0 Å². The Morgan fingerprint density at radius 3 is 2.00 bits per heavy atom. The SMILES string of the molecule is CC(C)CNC(=O)NCC(CC(=O)O)CC(C)C. The highest BCUT2D eigenvalue weighted by molar-refractivity contribution is 5.74. The molecule has 18 heavy (non-hydrogen) atoms. The Kier molecular flexibility index (Phi) is 8.16. The third kappa shape index (κ3) is 9.93. The number of carboxylic acids is 1. The molecule has 0 aromatic carbocycles. The Bertz CT molecular complexity index is 265. The molecule has 0 aliphatic rings. The van der Waals surface area contributed by atoms with Crippen molar-refractivity contribution in [2.45, 2.75) is 40.5 Å². The van der Waals surface area contributed by atoms with Crippen molar-refractivity contribution in [2.75, 3.05) is 13.1 Å². The van der Waals surface area contributed by atoms with E-state index < -0.39 is 5.97 Å². The van der Waals surface area contributed by atoms with Gasteiger partial charge in [-0.05, 0) is 24.2 Å². The van der Waals surface area contributed by atoms with E-state index in [2.05, 4.69) is 10.6 Å². The second-order valence-electron chi connectivity index (χ2n) is 5.58. The van der Waals surface area contributed by atoms with Crippen molar-refractivity contribution in [3.05, 3.63) is 0 Å².